The first kappa shape index (κ1) is 22.3. The van der Waals surface area contributed by atoms with E-state index in [4.69, 9.17) is 9.47 Å². The van der Waals surface area contributed by atoms with Crippen LogP contribution in [0.2, 0.25) is 0 Å². The van der Waals surface area contributed by atoms with Gasteiger partial charge in [-0.05, 0) is 0 Å². The highest BCUT2D eigenvalue weighted by Crippen LogP contribution is 2.30. The normalized spacial score (nSPS) is 44.3. The molecule has 13 heteroatoms. The summed E-state index contributed by atoms with van der Waals surface area (Å²) >= 11 is 0. The molecule has 2 aliphatic heterocycles. The first-order valence-corrected chi connectivity index (χ1v) is 8.23. The van der Waals surface area contributed by atoms with Gasteiger partial charge in [0.2, 0.25) is 0 Å². The molecule has 13 nitrogen and oxygen atoms in total. The van der Waals surface area contributed by atoms with Gasteiger partial charge in [-0.2, -0.15) is 0 Å². The predicted octanol–water partition coefficient (Wildman–Crippen LogP) is -6.03. The lowest BCUT2D eigenvalue weighted by Crippen LogP contribution is -2.71. The van der Waals surface area contributed by atoms with E-state index in [0.29, 0.717) is 4.90 Å². The number of aliphatic hydroxyl groups excluding tert-OH is 8. The second-order valence-electron chi connectivity index (χ2n) is 6.48. The Morgan fingerprint density at radius 3 is 2.04 bits per heavy atom. The van der Waals surface area contributed by atoms with Crippen molar-refractivity contribution in [3.05, 3.63) is 0 Å². The standard InChI is InChI=1S/C14H25NO12/c16-1-4(14(24)25)15(12-10(22)7(19)5(18)3-26-12)13-11(23)9(21)8(20)6(2-17)27-13/h4-13,16-23H,1-3H2,(H,24,25)/t4-,5+,6+,7-,8-,9-,10+,11+,12?,13?/m0/s1. The zero-order valence-corrected chi connectivity index (χ0v) is 14.1. The number of hydrogen-bond donors (Lipinski definition) is 9. The van der Waals surface area contributed by atoms with Gasteiger partial charge in [0.15, 0.2) is 0 Å². The average Bonchev–Trinajstić information content (AvgIpc) is 2.63. The van der Waals surface area contributed by atoms with Crippen LogP contribution in [0.15, 0.2) is 0 Å². The highest BCUT2D eigenvalue weighted by molar-refractivity contribution is 5.73. The summed E-state index contributed by atoms with van der Waals surface area (Å²) in [7, 11) is 0. The van der Waals surface area contributed by atoms with Crippen molar-refractivity contribution in [1.29, 1.82) is 0 Å². The van der Waals surface area contributed by atoms with Gasteiger partial charge in [0.25, 0.3) is 0 Å². The summed E-state index contributed by atoms with van der Waals surface area (Å²) < 4.78 is 10.5. The van der Waals surface area contributed by atoms with Crippen molar-refractivity contribution >= 4 is 5.97 Å². The molecule has 2 heterocycles. The molecule has 0 aromatic heterocycles. The fraction of sp³-hybridized carbons (Fsp3) is 0.929. The Kier molecular flexibility index (Phi) is 7.46. The number of rotatable bonds is 6. The lowest BCUT2D eigenvalue weighted by molar-refractivity contribution is -0.317. The average molecular weight is 399 g/mol. The molecule has 158 valence electrons. The maximum Gasteiger partial charge on any atom is 0.323 e. The molecule has 2 unspecified atom stereocenters. The van der Waals surface area contributed by atoms with E-state index >= 15 is 0 Å². The molecule has 2 rings (SSSR count). The fourth-order valence-electron chi connectivity index (χ4n) is 3.18. The van der Waals surface area contributed by atoms with Crippen molar-refractivity contribution in [2.45, 2.75) is 61.2 Å². The molecule has 0 spiro atoms. The Hall–Kier alpha value is -0.970. The highest BCUT2D eigenvalue weighted by atomic mass is 16.6. The second-order valence-corrected chi connectivity index (χ2v) is 6.48. The summed E-state index contributed by atoms with van der Waals surface area (Å²) in [5.41, 5.74) is 0. The number of aliphatic hydroxyl groups is 8. The number of carboxylic acids is 1. The summed E-state index contributed by atoms with van der Waals surface area (Å²) in [6.45, 7) is -2.33. The molecule has 2 saturated heterocycles. The third-order valence-corrected chi connectivity index (χ3v) is 4.75. The van der Waals surface area contributed by atoms with Gasteiger partial charge < -0.3 is 55.4 Å². The van der Waals surface area contributed by atoms with Gasteiger partial charge in [-0.3, -0.25) is 4.79 Å². The minimum absolute atomic E-state index is 0.505. The number of ether oxygens (including phenoxy) is 2. The van der Waals surface area contributed by atoms with E-state index in [-0.39, 0.29) is 0 Å². The molecule has 10 atom stereocenters. The van der Waals surface area contributed by atoms with E-state index in [1.165, 1.54) is 0 Å². The summed E-state index contributed by atoms with van der Waals surface area (Å²) in [5.74, 6) is -1.61. The molecule has 0 amide bonds. The van der Waals surface area contributed by atoms with Crippen LogP contribution in [-0.4, -0.2) is 138 Å². The van der Waals surface area contributed by atoms with E-state index in [0.717, 1.165) is 0 Å². The number of nitrogens with zero attached hydrogens (tertiary/aromatic N) is 1. The third kappa shape index (κ3) is 4.23. The first-order chi connectivity index (χ1) is 12.6. The Morgan fingerprint density at radius 2 is 1.52 bits per heavy atom. The van der Waals surface area contributed by atoms with Gasteiger partial charge in [-0.15, -0.1) is 0 Å². The molecule has 0 radical (unpaired) electrons. The van der Waals surface area contributed by atoms with Gasteiger partial charge in [0.05, 0.1) is 19.8 Å². The van der Waals surface area contributed by atoms with Crippen LogP contribution in [0.25, 0.3) is 0 Å². The van der Waals surface area contributed by atoms with Crippen LogP contribution >= 0.6 is 0 Å². The smallest absolute Gasteiger partial charge is 0.323 e. The number of carbonyl (C=O) groups is 1. The van der Waals surface area contributed by atoms with Crippen LogP contribution in [0.5, 0.6) is 0 Å². The van der Waals surface area contributed by atoms with E-state index < -0.39 is 87.0 Å². The van der Waals surface area contributed by atoms with E-state index in [1.54, 1.807) is 0 Å². The zero-order valence-electron chi connectivity index (χ0n) is 14.1. The third-order valence-electron chi connectivity index (χ3n) is 4.75. The molecule has 0 aromatic carbocycles. The number of hydrogen-bond acceptors (Lipinski definition) is 12. The van der Waals surface area contributed by atoms with Crippen LogP contribution in [-0.2, 0) is 14.3 Å². The molecule has 27 heavy (non-hydrogen) atoms. The Morgan fingerprint density at radius 1 is 0.926 bits per heavy atom. The van der Waals surface area contributed by atoms with Gasteiger partial charge in [-0.25, -0.2) is 4.90 Å². The fourth-order valence-corrected chi connectivity index (χ4v) is 3.18. The molecule has 2 aliphatic rings. The molecule has 0 aromatic rings. The van der Waals surface area contributed by atoms with Crippen molar-refractivity contribution < 1.29 is 60.2 Å². The highest BCUT2D eigenvalue weighted by Gasteiger charge is 2.53. The van der Waals surface area contributed by atoms with Crippen molar-refractivity contribution in [1.82, 2.24) is 4.90 Å². The summed E-state index contributed by atoms with van der Waals surface area (Å²) in [4.78, 5) is 12.2. The maximum atomic E-state index is 11.6. The molecule has 2 fully saturated rings. The molecule has 0 aliphatic carbocycles. The monoisotopic (exact) mass is 399 g/mol. The van der Waals surface area contributed by atoms with Crippen molar-refractivity contribution in [2.75, 3.05) is 19.8 Å². The summed E-state index contributed by atoms with van der Waals surface area (Å²) in [6.07, 6.45) is -15.4. The lowest BCUT2D eigenvalue weighted by Gasteiger charge is -2.50. The zero-order chi connectivity index (χ0) is 20.5. The van der Waals surface area contributed by atoms with Crippen LogP contribution in [0.4, 0.5) is 0 Å². The van der Waals surface area contributed by atoms with Gasteiger partial charge >= 0.3 is 5.97 Å². The van der Waals surface area contributed by atoms with Crippen molar-refractivity contribution in [2.24, 2.45) is 0 Å². The summed E-state index contributed by atoms with van der Waals surface area (Å²) in [5, 5.41) is 87.9. The molecular formula is C14H25NO12. The topological polar surface area (TPSA) is 221 Å². The van der Waals surface area contributed by atoms with Gasteiger partial charge in [0.1, 0.15) is 61.2 Å². The van der Waals surface area contributed by atoms with Gasteiger partial charge in [-0.1, -0.05) is 0 Å². The van der Waals surface area contributed by atoms with E-state index in [2.05, 4.69) is 0 Å². The first-order valence-electron chi connectivity index (χ1n) is 8.23. The Labute approximate surface area is 153 Å². The van der Waals surface area contributed by atoms with Crippen LogP contribution < -0.4 is 0 Å². The minimum Gasteiger partial charge on any atom is -0.480 e. The van der Waals surface area contributed by atoms with Crippen LogP contribution in [0, 0.1) is 0 Å². The largest absolute Gasteiger partial charge is 0.480 e. The Bertz CT molecular complexity index is 506. The molecule has 0 saturated carbocycles. The molecule has 0 bridgehead atoms. The number of aliphatic carboxylic acids is 1. The minimum atomic E-state index is -1.92. The predicted molar refractivity (Wildman–Crippen MR) is 81.9 cm³/mol. The van der Waals surface area contributed by atoms with Crippen molar-refractivity contribution in [3.63, 3.8) is 0 Å². The van der Waals surface area contributed by atoms with E-state index in [1.807, 2.05) is 0 Å². The van der Waals surface area contributed by atoms with Crippen LogP contribution in [0.3, 0.4) is 0 Å². The number of carboxylic acid groups (broad SMARTS) is 1. The second kappa shape index (κ2) is 9.02. The van der Waals surface area contributed by atoms with Crippen molar-refractivity contribution in [3.8, 4) is 0 Å². The maximum absolute atomic E-state index is 11.6. The van der Waals surface area contributed by atoms with Gasteiger partial charge in [0, 0.05) is 0 Å². The van der Waals surface area contributed by atoms with Crippen LogP contribution in [0.1, 0.15) is 0 Å². The SMILES string of the molecule is O=C(O)[C@H](CO)N(C1O[C@H](CO)[C@H](O)[C@H](O)[C@H]1O)C1OC[C@@H](O)[C@H](O)[C@H]1O. The molecule has 9 N–H and O–H groups in total. The lowest BCUT2D eigenvalue weighted by atomic mass is 9.95. The Balaban J connectivity index is 2.41. The quantitative estimate of drug-likeness (QED) is 0.203. The molecular weight excluding hydrogens is 374 g/mol. The summed E-state index contributed by atoms with van der Waals surface area (Å²) in [6, 6.07) is -1.83. The van der Waals surface area contributed by atoms with E-state index in [9.17, 15) is 50.8 Å².